The number of nitrogens with one attached hydrogen (secondary N) is 1. The summed E-state index contributed by atoms with van der Waals surface area (Å²) < 4.78 is 25.1. The van der Waals surface area contributed by atoms with Crippen LogP contribution >= 0.6 is 11.3 Å². The molecule has 0 saturated carbocycles. The van der Waals surface area contributed by atoms with Crippen LogP contribution in [0.1, 0.15) is 34.7 Å². The topological polar surface area (TPSA) is 99.5 Å². The fraction of sp³-hybridized carbons (Fsp3) is 0.167. The van der Waals surface area contributed by atoms with Crippen LogP contribution < -0.4 is 15.6 Å². The monoisotopic (exact) mass is 481 g/mol. The summed E-state index contributed by atoms with van der Waals surface area (Å²) in [6, 6.07) is 11.8. The Kier molecular flexibility index (Phi) is 6.69. The Balaban J connectivity index is 1.86. The Morgan fingerprint density at radius 2 is 1.82 bits per heavy atom. The number of anilines is 1. The molecule has 0 aliphatic heterocycles. The molecule has 0 aliphatic rings. The number of amides is 1. The maximum Gasteiger partial charge on any atom is 0.359 e. The number of para-hydroxylation sites is 1. The average molecular weight is 482 g/mol. The highest BCUT2D eigenvalue weighted by Gasteiger charge is 2.24. The lowest BCUT2D eigenvalue weighted by atomic mass is 10.2. The number of carbonyl (C=O) groups is 2. The van der Waals surface area contributed by atoms with Crippen LogP contribution in [-0.2, 0) is 4.74 Å². The number of benzene rings is 2. The van der Waals surface area contributed by atoms with E-state index < -0.39 is 23.3 Å². The van der Waals surface area contributed by atoms with Gasteiger partial charge in [-0.05, 0) is 50.2 Å². The fourth-order valence-electron chi connectivity index (χ4n) is 3.36. The minimum atomic E-state index is -0.722. The Morgan fingerprint density at radius 3 is 2.53 bits per heavy atom. The molecule has 10 heteroatoms. The molecule has 2 aromatic heterocycles. The van der Waals surface area contributed by atoms with Gasteiger partial charge in [0.2, 0.25) is 0 Å². The summed E-state index contributed by atoms with van der Waals surface area (Å²) in [6.45, 7) is 3.95. The van der Waals surface area contributed by atoms with Crippen molar-refractivity contribution < 1.29 is 23.5 Å². The van der Waals surface area contributed by atoms with Gasteiger partial charge in [-0.15, -0.1) is 11.3 Å². The quantitative estimate of drug-likeness (QED) is 0.393. The molecule has 34 heavy (non-hydrogen) atoms. The molecule has 1 amide bonds. The van der Waals surface area contributed by atoms with Crippen molar-refractivity contribution in [2.45, 2.75) is 13.8 Å². The third kappa shape index (κ3) is 4.40. The molecule has 0 fully saturated rings. The molecule has 0 radical (unpaired) electrons. The molecule has 2 aromatic carbocycles. The summed E-state index contributed by atoms with van der Waals surface area (Å²) in [5.74, 6) is -1.28. The van der Waals surface area contributed by atoms with Crippen molar-refractivity contribution in [3.63, 3.8) is 0 Å². The Hall–Kier alpha value is -4.05. The SMILES string of the molecule is CCOC(=O)c1nn(-c2ccc(F)cc2)c(=O)c2c(NC(=O)c3ccccc3OCC)scc12. The van der Waals surface area contributed by atoms with E-state index in [4.69, 9.17) is 9.47 Å². The summed E-state index contributed by atoms with van der Waals surface area (Å²) in [4.78, 5) is 39.1. The van der Waals surface area contributed by atoms with Gasteiger partial charge in [0.25, 0.3) is 11.5 Å². The number of nitrogens with zero attached hydrogens (tertiary/aromatic N) is 2. The molecular weight excluding hydrogens is 461 g/mol. The second-order valence-corrected chi connectivity index (χ2v) is 7.88. The first-order valence-corrected chi connectivity index (χ1v) is 11.3. The number of esters is 1. The molecule has 0 saturated heterocycles. The number of hydrogen-bond donors (Lipinski definition) is 1. The smallest absolute Gasteiger partial charge is 0.359 e. The number of ether oxygens (including phenoxy) is 2. The van der Waals surface area contributed by atoms with Crippen molar-refractivity contribution in [2.24, 2.45) is 0 Å². The van der Waals surface area contributed by atoms with Gasteiger partial charge in [0.15, 0.2) is 5.69 Å². The lowest BCUT2D eigenvalue weighted by Crippen LogP contribution is -2.25. The normalized spacial score (nSPS) is 10.8. The summed E-state index contributed by atoms with van der Waals surface area (Å²) in [5.41, 5.74) is -0.120. The number of hydrogen-bond acceptors (Lipinski definition) is 7. The zero-order chi connectivity index (χ0) is 24.2. The van der Waals surface area contributed by atoms with Gasteiger partial charge in [-0.2, -0.15) is 9.78 Å². The summed E-state index contributed by atoms with van der Waals surface area (Å²) >= 11 is 1.08. The summed E-state index contributed by atoms with van der Waals surface area (Å²) in [6.07, 6.45) is 0. The van der Waals surface area contributed by atoms with E-state index in [-0.39, 0.29) is 33.8 Å². The van der Waals surface area contributed by atoms with E-state index in [9.17, 15) is 18.8 Å². The summed E-state index contributed by atoms with van der Waals surface area (Å²) in [7, 11) is 0. The number of carbonyl (C=O) groups excluding carboxylic acids is 2. The standard InChI is InChI=1S/C24H20FN3O5S/c1-3-32-18-8-6-5-7-16(18)21(29)26-22-19-17(13-34-22)20(24(31)33-4-2)27-28(23(19)30)15-11-9-14(25)10-12-15/h5-13H,3-4H2,1-2H3,(H,26,29). The van der Waals surface area contributed by atoms with Crippen molar-refractivity contribution in [1.29, 1.82) is 0 Å². The van der Waals surface area contributed by atoms with Crippen LogP contribution in [0.5, 0.6) is 5.75 Å². The largest absolute Gasteiger partial charge is 0.493 e. The van der Waals surface area contributed by atoms with Crippen LogP contribution in [0.25, 0.3) is 16.5 Å². The molecule has 8 nitrogen and oxygen atoms in total. The minimum absolute atomic E-state index is 0.0905. The molecule has 4 aromatic rings. The van der Waals surface area contributed by atoms with E-state index in [1.807, 2.05) is 6.92 Å². The molecule has 0 aliphatic carbocycles. The van der Waals surface area contributed by atoms with E-state index in [2.05, 4.69) is 10.4 Å². The molecule has 4 rings (SSSR count). The van der Waals surface area contributed by atoms with Gasteiger partial charge in [0, 0.05) is 10.8 Å². The fourth-order valence-corrected chi connectivity index (χ4v) is 4.29. The Bertz CT molecular complexity index is 1430. The van der Waals surface area contributed by atoms with Gasteiger partial charge in [-0.1, -0.05) is 12.1 Å². The number of fused-ring (bicyclic) bond motifs is 1. The first-order valence-electron chi connectivity index (χ1n) is 10.4. The van der Waals surface area contributed by atoms with Crippen LogP contribution in [-0.4, -0.2) is 34.9 Å². The van der Waals surface area contributed by atoms with Gasteiger partial charge in [0.05, 0.1) is 29.9 Å². The first-order chi connectivity index (χ1) is 16.4. The lowest BCUT2D eigenvalue weighted by molar-refractivity contribution is 0.0520. The number of thiophene rings is 1. The molecule has 0 unspecified atom stereocenters. The number of rotatable bonds is 7. The zero-order valence-electron chi connectivity index (χ0n) is 18.3. The van der Waals surface area contributed by atoms with Crippen molar-refractivity contribution in [1.82, 2.24) is 9.78 Å². The van der Waals surface area contributed by atoms with Crippen molar-refractivity contribution in [2.75, 3.05) is 18.5 Å². The predicted molar refractivity (Wildman–Crippen MR) is 127 cm³/mol. The highest BCUT2D eigenvalue weighted by atomic mass is 32.1. The second-order valence-electron chi connectivity index (χ2n) is 7.00. The van der Waals surface area contributed by atoms with Crippen LogP contribution in [0.15, 0.2) is 58.7 Å². The third-order valence-electron chi connectivity index (χ3n) is 4.85. The molecular formula is C24H20FN3O5S. The number of aromatic nitrogens is 2. The molecule has 0 bridgehead atoms. The average Bonchev–Trinajstić information content (AvgIpc) is 3.25. The Labute approximate surface area is 197 Å². The highest BCUT2D eigenvalue weighted by molar-refractivity contribution is 7.16. The Morgan fingerprint density at radius 1 is 1.09 bits per heavy atom. The van der Waals surface area contributed by atoms with Crippen LogP contribution in [0, 0.1) is 5.82 Å². The van der Waals surface area contributed by atoms with Crippen LogP contribution in [0.4, 0.5) is 9.39 Å². The maximum atomic E-state index is 13.4. The third-order valence-corrected chi connectivity index (χ3v) is 5.75. The van der Waals surface area contributed by atoms with Gasteiger partial charge in [-0.25, -0.2) is 9.18 Å². The molecule has 2 heterocycles. The zero-order valence-corrected chi connectivity index (χ0v) is 19.1. The van der Waals surface area contributed by atoms with E-state index in [0.29, 0.717) is 17.9 Å². The molecule has 1 N–H and O–H groups in total. The number of halogens is 1. The first kappa shape index (κ1) is 23.1. The van der Waals surface area contributed by atoms with E-state index in [1.54, 1.807) is 36.6 Å². The van der Waals surface area contributed by atoms with Gasteiger partial charge in [0.1, 0.15) is 16.6 Å². The van der Waals surface area contributed by atoms with E-state index in [0.717, 1.165) is 16.0 Å². The van der Waals surface area contributed by atoms with Crippen molar-refractivity contribution in [3.8, 4) is 11.4 Å². The maximum absolute atomic E-state index is 13.4. The molecule has 0 atom stereocenters. The molecule has 0 spiro atoms. The predicted octanol–water partition coefficient (Wildman–Crippen LogP) is 4.41. The summed E-state index contributed by atoms with van der Waals surface area (Å²) in [5, 5.41) is 9.09. The second kappa shape index (κ2) is 9.84. The van der Waals surface area contributed by atoms with Crippen molar-refractivity contribution >= 4 is 39.0 Å². The van der Waals surface area contributed by atoms with Gasteiger partial charge >= 0.3 is 5.97 Å². The molecule has 174 valence electrons. The van der Waals surface area contributed by atoms with E-state index >= 15 is 0 Å². The lowest BCUT2D eigenvalue weighted by Gasteiger charge is -2.11. The van der Waals surface area contributed by atoms with Crippen LogP contribution in [0.2, 0.25) is 0 Å². The van der Waals surface area contributed by atoms with Crippen LogP contribution in [0.3, 0.4) is 0 Å². The van der Waals surface area contributed by atoms with Gasteiger partial charge in [-0.3, -0.25) is 9.59 Å². The van der Waals surface area contributed by atoms with E-state index in [1.165, 1.54) is 24.3 Å². The minimum Gasteiger partial charge on any atom is -0.493 e. The highest BCUT2D eigenvalue weighted by Crippen LogP contribution is 2.32. The van der Waals surface area contributed by atoms with Crippen molar-refractivity contribution in [3.05, 3.63) is 81.3 Å². The van der Waals surface area contributed by atoms with Gasteiger partial charge < -0.3 is 14.8 Å².